The van der Waals surface area contributed by atoms with Gasteiger partial charge in [-0.2, -0.15) is 0 Å². The molecule has 0 bridgehead atoms. The molecule has 0 aliphatic carbocycles. The fourth-order valence-corrected chi connectivity index (χ4v) is 3.06. The van der Waals surface area contributed by atoms with Gasteiger partial charge in [-0.05, 0) is 40.5 Å². The molecule has 0 aliphatic heterocycles. The highest BCUT2D eigenvalue weighted by atomic mass is 79.9. The zero-order valence-corrected chi connectivity index (χ0v) is 13.2. The van der Waals surface area contributed by atoms with Gasteiger partial charge < -0.3 is 4.74 Å². The molecule has 0 atom stereocenters. The van der Waals surface area contributed by atoms with Gasteiger partial charge in [-0.1, -0.05) is 0 Å². The van der Waals surface area contributed by atoms with E-state index in [4.69, 9.17) is 16.3 Å². The number of alkyl halides is 1. The first kappa shape index (κ1) is 14.8. The first-order valence-corrected chi connectivity index (χ1v) is 7.97. The third-order valence-corrected chi connectivity index (χ3v) is 4.27. The molecular formula is C13H12BrClFNOS. The number of halogens is 3. The number of hydrogen-bond donors (Lipinski definition) is 0. The van der Waals surface area contributed by atoms with Crippen LogP contribution in [0.1, 0.15) is 17.1 Å². The number of ether oxygens (including phenoxy) is 1. The van der Waals surface area contributed by atoms with Crippen LogP contribution in [0.4, 0.5) is 4.39 Å². The fourth-order valence-electron chi connectivity index (χ4n) is 1.52. The molecule has 2 aromatic rings. The molecule has 0 saturated heterocycles. The van der Waals surface area contributed by atoms with Crippen LogP contribution in [0.3, 0.4) is 0 Å². The summed E-state index contributed by atoms with van der Waals surface area (Å²) in [4.78, 5) is 4.37. The van der Waals surface area contributed by atoms with E-state index >= 15 is 0 Å². The summed E-state index contributed by atoms with van der Waals surface area (Å²) in [7, 11) is 0. The molecule has 0 saturated carbocycles. The van der Waals surface area contributed by atoms with Crippen molar-refractivity contribution < 1.29 is 9.13 Å². The van der Waals surface area contributed by atoms with Gasteiger partial charge in [-0.15, -0.1) is 22.9 Å². The van der Waals surface area contributed by atoms with Gasteiger partial charge in [0.05, 0.1) is 27.7 Å². The molecule has 0 spiro atoms. The van der Waals surface area contributed by atoms with Crippen molar-refractivity contribution in [3.8, 4) is 5.75 Å². The molecular weight excluding hydrogens is 353 g/mol. The normalized spacial score (nSPS) is 10.7. The Kier molecular flexibility index (Phi) is 5.60. The first-order chi connectivity index (χ1) is 9.19. The van der Waals surface area contributed by atoms with Gasteiger partial charge in [0.15, 0.2) is 0 Å². The molecule has 1 heterocycles. The quantitative estimate of drug-likeness (QED) is 0.543. The van der Waals surface area contributed by atoms with Gasteiger partial charge in [0.2, 0.25) is 0 Å². The maximum Gasteiger partial charge on any atom is 0.133 e. The Hall–Kier alpha value is -0.650. The van der Waals surface area contributed by atoms with E-state index in [1.54, 1.807) is 17.4 Å². The molecule has 6 heteroatoms. The Morgan fingerprint density at radius 2 is 2.26 bits per heavy atom. The minimum Gasteiger partial charge on any atom is -0.492 e. The second-order valence-corrected chi connectivity index (χ2v) is 5.96. The molecule has 19 heavy (non-hydrogen) atoms. The summed E-state index contributed by atoms with van der Waals surface area (Å²) in [5.41, 5.74) is 0.920. The van der Waals surface area contributed by atoms with Crippen LogP contribution in [-0.4, -0.2) is 11.6 Å². The van der Waals surface area contributed by atoms with Gasteiger partial charge in [0, 0.05) is 11.8 Å². The summed E-state index contributed by atoms with van der Waals surface area (Å²) in [6, 6.07) is 4.39. The summed E-state index contributed by atoms with van der Waals surface area (Å²) in [5.74, 6) is 0.827. The van der Waals surface area contributed by atoms with E-state index in [2.05, 4.69) is 20.9 Å². The zero-order chi connectivity index (χ0) is 13.7. The van der Waals surface area contributed by atoms with E-state index in [0.717, 1.165) is 23.5 Å². The number of hydrogen-bond acceptors (Lipinski definition) is 3. The Bertz CT molecular complexity index is 549. The Balaban J connectivity index is 1.77. The Labute approximate surface area is 128 Å². The highest BCUT2D eigenvalue weighted by Crippen LogP contribution is 2.25. The second-order valence-electron chi connectivity index (χ2n) is 3.89. The van der Waals surface area contributed by atoms with Crippen LogP contribution in [0.15, 0.2) is 28.1 Å². The average molecular weight is 365 g/mol. The molecule has 2 rings (SSSR count). The predicted octanol–water partition coefficient (Wildman–Crippen LogP) is 4.80. The number of thiazole rings is 1. The predicted molar refractivity (Wildman–Crippen MR) is 79.6 cm³/mol. The van der Waals surface area contributed by atoms with Crippen LogP contribution in [-0.2, 0) is 12.3 Å². The number of aromatic nitrogens is 1. The minimum atomic E-state index is -0.282. The van der Waals surface area contributed by atoms with Crippen molar-refractivity contribution in [2.45, 2.75) is 18.7 Å². The van der Waals surface area contributed by atoms with E-state index in [-0.39, 0.29) is 5.82 Å². The molecule has 1 aromatic heterocycles. The lowest BCUT2D eigenvalue weighted by atomic mass is 10.3. The zero-order valence-electron chi connectivity index (χ0n) is 10.0. The Morgan fingerprint density at radius 1 is 1.42 bits per heavy atom. The molecule has 102 valence electrons. The minimum absolute atomic E-state index is 0.282. The van der Waals surface area contributed by atoms with Crippen LogP contribution in [0.2, 0.25) is 0 Å². The van der Waals surface area contributed by atoms with E-state index in [9.17, 15) is 4.39 Å². The molecule has 1 aromatic carbocycles. The number of aryl methyl sites for hydroxylation is 1. The van der Waals surface area contributed by atoms with Crippen LogP contribution >= 0.6 is 38.9 Å². The SMILES string of the molecule is Fc1ccc(OCCCc2nc(CCl)cs2)c(Br)c1. The number of benzene rings is 1. The lowest BCUT2D eigenvalue weighted by Crippen LogP contribution is -2.00. The van der Waals surface area contributed by atoms with Crippen LogP contribution in [0, 0.1) is 5.82 Å². The average Bonchev–Trinajstić information content (AvgIpc) is 2.84. The van der Waals surface area contributed by atoms with E-state index in [1.165, 1.54) is 12.1 Å². The topological polar surface area (TPSA) is 22.1 Å². The summed E-state index contributed by atoms with van der Waals surface area (Å²) in [6.07, 6.45) is 1.72. The van der Waals surface area contributed by atoms with Gasteiger partial charge >= 0.3 is 0 Å². The summed E-state index contributed by atoms with van der Waals surface area (Å²) in [5, 5.41) is 3.04. The third-order valence-electron chi connectivity index (χ3n) is 2.42. The van der Waals surface area contributed by atoms with Crippen molar-refractivity contribution >= 4 is 38.9 Å². The lowest BCUT2D eigenvalue weighted by Gasteiger charge is -2.07. The van der Waals surface area contributed by atoms with Crippen molar-refractivity contribution in [3.05, 3.63) is 44.6 Å². The molecule has 0 fully saturated rings. The lowest BCUT2D eigenvalue weighted by molar-refractivity contribution is 0.308. The van der Waals surface area contributed by atoms with Crippen LogP contribution in [0.5, 0.6) is 5.75 Å². The van der Waals surface area contributed by atoms with Gasteiger partial charge in [-0.3, -0.25) is 0 Å². The molecule has 2 nitrogen and oxygen atoms in total. The highest BCUT2D eigenvalue weighted by Gasteiger charge is 2.04. The van der Waals surface area contributed by atoms with Crippen LogP contribution < -0.4 is 4.74 Å². The van der Waals surface area contributed by atoms with E-state index in [1.807, 2.05) is 5.38 Å². The monoisotopic (exact) mass is 363 g/mol. The maximum atomic E-state index is 12.9. The Morgan fingerprint density at radius 3 is 2.95 bits per heavy atom. The summed E-state index contributed by atoms with van der Waals surface area (Å²) < 4.78 is 19.1. The van der Waals surface area contributed by atoms with E-state index in [0.29, 0.717) is 22.7 Å². The van der Waals surface area contributed by atoms with Gasteiger partial charge in [0.1, 0.15) is 11.6 Å². The summed E-state index contributed by atoms with van der Waals surface area (Å²) >= 11 is 10.6. The molecule has 0 radical (unpaired) electrons. The summed E-state index contributed by atoms with van der Waals surface area (Å²) in [6.45, 7) is 0.569. The van der Waals surface area contributed by atoms with Crippen LogP contribution in [0.25, 0.3) is 0 Å². The second kappa shape index (κ2) is 7.22. The molecule has 0 amide bonds. The van der Waals surface area contributed by atoms with Gasteiger partial charge in [-0.25, -0.2) is 9.37 Å². The van der Waals surface area contributed by atoms with Crippen molar-refractivity contribution in [2.75, 3.05) is 6.61 Å². The highest BCUT2D eigenvalue weighted by molar-refractivity contribution is 9.10. The van der Waals surface area contributed by atoms with Crippen molar-refractivity contribution in [1.82, 2.24) is 4.98 Å². The maximum absolute atomic E-state index is 12.9. The van der Waals surface area contributed by atoms with Gasteiger partial charge in [0.25, 0.3) is 0 Å². The third kappa shape index (κ3) is 4.44. The standard InChI is InChI=1S/C13H12BrClFNOS/c14-11-6-9(16)3-4-12(11)18-5-1-2-13-17-10(7-15)8-19-13/h3-4,6,8H,1-2,5,7H2. The fraction of sp³-hybridized carbons (Fsp3) is 0.308. The largest absolute Gasteiger partial charge is 0.492 e. The smallest absolute Gasteiger partial charge is 0.133 e. The molecule has 0 N–H and O–H groups in total. The first-order valence-electron chi connectivity index (χ1n) is 5.76. The number of nitrogens with zero attached hydrogens (tertiary/aromatic N) is 1. The van der Waals surface area contributed by atoms with E-state index < -0.39 is 0 Å². The van der Waals surface area contributed by atoms with Crippen molar-refractivity contribution in [3.63, 3.8) is 0 Å². The molecule has 0 unspecified atom stereocenters. The van der Waals surface area contributed by atoms with Crippen molar-refractivity contribution in [2.24, 2.45) is 0 Å². The number of rotatable bonds is 6. The van der Waals surface area contributed by atoms with Crippen molar-refractivity contribution in [1.29, 1.82) is 0 Å². The molecule has 0 aliphatic rings.